The van der Waals surface area contributed by atoms with Gasteiger partial charge in [-0.05, 0) is 35.9 Å². The van der Waals surface area contributed by atoms with E-state index in [1.165, 1.54) is 0 Å². The summed E-state index contributed by atoms with van der Waals surface area (Å²) in [5.41, 5.74) is 4.36. The van der Waals surface area contributed by atoms with Crippen molar-refractivity contribution < 1.29 is 4.79 Å². The van der Waals surface area contributed by atoms with E-state index in [-0.39, 0.29) is 5.91 Å². The molecule has 7 heteroatoms. The zero-order chi connectivity index (χ0) is 20.3. The van der Waals surface area contributed by atoms with Gasteiger partial charge in [0, 0.05) is 6.20 Å². The third-order valence-electron chi connectivity index (χ3n) is 4.84. The molecule has 3 aromatic heterocycles. The summed E-state index contributed by atoms with van der Waals surface area (Å²) in [4.78, 5) is 25.3. The summed E-state index contributed by atoms with van der Waals surface area (Å²) in [5.74, 6) is 0.388. The lowest BCUT2D eigenvalue weighted by molar-refractivity contribution is 0.0936. The number of imidazole rings is 1. The Labute approximate surface area is 172 Å². The number of carbonyl (C=O) groups excluding carboxylic acids is 1. The SMILES string of the molecule is O=C(NC(c1ccccc1)c1nc2ccccc2[nH]1)c1cc(-c2ccccn2)n[nH]1. The van der Waals surface area contributed by atoms with Crippen molar-refractivity contribution in [3.8, 4) is 11.4 Å². The number of amides is 1. The Morgan fingerprint density at radius 1 is 0.900 bits per heavy atom. The first kappa shape index (κ1) is 17.8. The van der Waals surface area contributed by atoms with Crippen LogP contribution in [0.1, 0.15) is 27.9 Å². The molecule has 5 rings (SSSR count). The van der Waals surface area contributed by atoms with Gasteiger partial charge in [-0.15, -0.1) is 0 Å². The molecular weight excluding hydrogens is 376 g/mol. The number of aromatic nitrogens is 5. The predicted molar refractivity (Wildman–Crippen MR) is 114 cm³/mol. The molecule has 0 fully saturated rings. The van der Waals surface area contributed by atoms with Crippen LogP contribution in [0.5, 0.6) is 0 Å². The minimum Gasteiger partial charge on any atom is -0.340 e. The Morgan fingerprint density at radius 2 is 1.70 bits per heavy atom. The van der Waals surface area contributed by atoms with Gasteiger partial charge in [-0.3, -0.25) is 14.9 Å². The Balaban J connectivity index is 1.47. The molecule has 0 radical (unpaired) electrons. The highest BCUT2D eigenvalue weighted by molar-refractivity contribution is 5.93. The smallest absolute Gasteiger partial charge is 0.270 e. The number of carbonyl (C=O) groups is 1. The van der Waals surface area contributed by atoms with Crippen LogP contribution in [-0.4, -0.2) is 31.1 Å². The van der Waals surface area contributed by atoms with E-state index in [0.717, 1.165) is 16.6 Å². The van der Waals surface area contributed by atoms with E-state index in [1.807, 2.05) is 72.8 Å². The molecule has 1 atom stereocenters. The van der Waals surface area contributed by atoms with Crippen molar-refractivity contribution in [2.45, 2.75) is 6.04 Å². The van der Waals surface area contributed by atoms with E-state index < -0.39 is 6.04 Å². The van der Waals surface area contributed by atoms with Crippen molar-refractivity contribution in [3.05, 3.63) is 102 Å². The quantitative estimate of drug-likeness (QED) is 0.421. The van der Waals surface area contributed by atoms with Crippen LogP contribution in [0.3, 0.4) is 0 Å². The van der Waals surface area contributed by atoms with Gasteiger partial charge in [0.05, 0.1) is 16.7 Å². The standard InChI is InChI=1S/C23H18N6O/c30-23(20-14-19(28-29-20)16-10-6-7-13-24-16)27-21(15-8-2-1-3-9-15)22-25-17-11-4-5-12-18(17)26-22/h1-14,21H,(H,25,26)(H,27,30)(H,28,29). The molecule has 0 spiro atoms. The molecule has 3 N–H and O–H groups in total. The number of H-pyrrole nitrogens is 2. The molecule has 5 aromatic rings. The largest absolute Gasteiger partial charge is 0.340 e. The van der Waals surface area contributed by atoms with Gasteiger partial charge in [-0.25, -0.2) is 4.98 Å². The summed E-state index contributed by atoms with van der Waals surface area (Å²) in [5, 5.41) is 10.1. The van der Waals surface area contributed by atoms with Crippen LogP contribution in [0.25, 0.3) is 22.4 Å². The van der Waals surface area contributed by atoms with Crippen LogP contribution in [-0.2, 0) is 0 Å². The van der Waals surface area contributed by atoms with Gasteiger partial charge in [-0.2, -0.15) is 5.10 Å². The fraction of sp³-hybridized carbons (Fsp3) is 0.0435. The second kappa shape index (κ2) is 7.63. The minimum absolute atomic E-state index is 0.279. The number of hydrogen-bond donors (Lipinski definition) is 3. The van der Waals surface area contributed by atoms with Crippen molar-refractivity contribution in [1.29, 1.82) is 0 Å². The van der Waals surface area contributed by atoms with Gasteiger partial charge in [0.25, 0.3) is 5.91 Å². The molecule has 1 amide bonds. The summed E-state index contributed by atoms with van der Waals surface area (Å²) in [6.07, 6.45) is 1.69. The molecule has 0 bridgehead atoms. The van der Waals surface area contributed by atoms with E-state index in [0.29, 0.717) is 22.9 Å². The minimum atomic E-state index is -0.437. The van der Waals surface area contributed by atoms with Gasteiger partial charge in [0.2, 0.25) is 0 Å². The maximum Gasteiger partial charge on any atom is 0.270 e. The summed E-state index contributed by atoms with van der Waals surface area (Å²) >= 11 is 0. The first-order chi connectivity index (χ1) is 14.8. The number of aromatic amines is 2. The van der Waals surface area contributed by atoms with Crippen LogP contribution in [0.4, 0.5) is 0 Å². The van der Waals surface area contributed by atoms with Gasteiger partial charge in [-0.1, -0.05) is 48.5 Å². The molecule has 0 saturated carbocycles. The fourth-order valence-electron chi connectivity index (χ4n) is 3.36. The number of benzene rings is 2. The third-order valence-corrected chi connectivity index (χ3v) is 4.84. The van der Waals surface area contributed by atoms with Crippen molar-refractivity contribution in [3.63, 3.8) is 0 Å². The second-order valence-corrected chi connectivity index (χ2v) is 6.84. The summed E-state index contributed by atoms with van der Waals surface area (Å²) in [7, 11) is 0. The lowest BCUT2D eigenvalue weighted by Crippen LogP contribution is -2.30. The normalized spacial score (nSPS) is 12.0. The van der Waals surface area contributed by atoms with E-state index >= 15 is 0 Å². The molecule has 30 heavy (non-hydrogen) atoms. The number of rotatable bonds is 5. The van der Waals surface area contributed by atoms with Gasteiger partial charge >= 0.3 is 0 Å². The lowest BCUT2D eigenvalue weighted by atomic mass is 10.1. The van der Waals surface area contributed by atoms with Crippen molar-refractivity contribution in [2.24, 2.45) is 0 Å². The number of hydrogen-bond acceptors (Lipinski definition) is 4. The van der Waals surface area contributed by atoms with Crippen LogP contribution >= 0.6 is 0 Å². The first-order valence-electron chi connectivity index (χ1n) is 9.55. The lowest BCUT2D eigenvalue weighted by Gasteiger charge is -2.16. The highest BCUT2D eigenvalue weighted by Gasteiger charge is 2.22. The highest BCUT2D eigenvalue weighted by atomic mass is 16.2. The molecule has 0 aliphatic heterocycles. The third kappa shape index (κ3) is 3.44. The maximum absolute atomic E-state index is 13.0. The van der Waals surface area contributed by atoms with Crippen LogP contribution in [0, 0.1) is 0 Å². The van der Waals surface area contributed by atoms with E-state index in [9.17, 15) is 4.79 Å². The van der Waals surface area contributed by atoms with Crippen molar-refractivity contribution in [1.82, 2.24) is 30.5 Å². The highest BCUT2D eigenvalue weighted by Crippen LogP contribution is 2.23. The fourth-order valence-corrected chi connectivity index (χ4v) is 3.36. The zero-order valence-electron chi connectivity index (χ0n) is 15.9. The summed E-state index contributed by atoms with van der Waals surface area (Å²) in [6, 6.07) is 24.3. The zero-order valence-corrected chi connectivity index (χ0v) is 15.9. The summed E-state index contributed by atoms with van der Waals surface area (Å²) < 4.78 is 0. The molecule has 0 saturated heterocycles. The molecule has 146 valence electrons. The number of nitrogens with zero attached hydrogens (tertiary/aromatic N) is 3. The van der Waals surface area contributed by atoms with Crippen LogP contribution in [0.2, 0.25) is 0 Å². The molecule has 0 aliphatic rings. The van der Waals surface area contributed by atoms with Crippen LogP contribution < -0.4 is 5.32 Å². The van der Waals surface area contributed by atoms with Gasteiger partial charge in [0.1, 0.15) is 23.3 Å². The molecule has 1 unspecified atom stereocenters. The molecule has 7 nitrogen and oxygen atoms in total. The van der Waals surface area contributed by atoms with Crippen molar-refractivity contribution >= 4 is 16.9 Å². The number of pyridine rings is 1. The first-order valence-corrected chi connectivity index (χ1v) is 9.55. The Hall–Kier alpha value is -4.26. The number of fused-ring (bicyclic) bond motifs is 1. The average molecular weight is 394 g/mol. The average Bonchev–Trinajstić information content (AvgIpc) is 3.46. The number of para-hydroxylation sites is 2. The maximum atomic E-state index is 13.0. The molecule has 0 aliphatic carbocycles. The van der Waals surface area contributed by atoms with Gasteiger partial charge in [0.15, 0.2) is 0 Å². The molecule has 3 heterocycles. The Morgan fingerprint density at radius 3 is 2.50 bits per heavy atom. The number of nitrogens with one attached hydrogen (secondary N) is 3. The van der Waals surface area contributed by atoms with E-state index in [1.54, 1.807) is 12.3 Å². The second-order valence-electron chi connectivity index (χ2n) is 6.84. The molecular formula is C23H18N6O. The summed E-state index contributed by atoms with van der Waals surface area (Å²) in [6.45, 7) is 0. The predicted octanol–water partition coefficient (Wildman–Crippen LogP) is 3.87. The van der Waals surface area contributed by atoms with E-state index in [4.69, 9.17) is 0 Å². The van der Waals surface area contributed by atoms with Crippen LogP contribution in [0.15, 0.2) is 85.1 Å². The van der Waals surface area contributed by atoms with Gasteiger partial charge < -0.3 is 10.3 Å². The Kier molecular flexibility index (Phi) is 4.53. The monoisotopic (exact) mass is 394 g/mol. The molecule has 2 aromatic carbocycles. The Bertz CT molecular complexity index is 1260. The topological polar surface area (TPSA) is 99.3 Å². The van der Waals surface area contributed by atoms with Crippen molar-refractivity contribution in [2.75, 3.05) is 0 Å². The van der Waals surface area contributed by atoms with E-state index in [2.05, 4.69) is 30.5 Å².